The van der Waals surface area contributed by atoms with Crippen molar-refractivity contribution in [3.05, 3.63) is 39.9 Å². The van der Waals surface area contributed by atoms with E-state index in [9.17, 15) is 4.79 Å². The highest BCUT2D eigenvalue weighted by molar-refractivity contribution is 6.33. The predicted octanol–water partition coefficient (Wildman–Crippen LogP) is 3.21. The number of aromatic nitrogens is 2. The summed E-state index contributed by atoms with van der Waals surface area (Å²) in [5, 5.41) is 16.1. The molecule has 2 rings (SSSR count). The van der Waals surface area contributed by atoms with Gasteiger partial charge in [-0.3, -0.25) is 0 Å². The minimum absolute atomic E-state index is 0.0468. The lowest BCUT2D eigenvalue weighted by Gasteiger charge is -2.15. The van der Waals surface area contributed by atoms with Crippen LogP contribution >= 0.6 is 11.6 Å². The molecule has 0 fully saturated rings. The van der Waals surface area contributed by atoms with E-state index in [0.29, 0.717) is 5.82 Å². The number of rotatable bonds is 4. The number of anilines is 1. The zero-order valence-electron chi connectivity index (χ0n) is 11.3. The van der Waals surface area contributed by atoms with Gasteiger partial charge >= 0.3 is 5.97 Å². The molecule has 1 unspecified atom stereocenters. The van der Waals surface area contributed by atoms with E-state index < -0.39 is 5.97 Å². The number of nitrogens with zero attached hydrogens (tertiary/aromatic N) is 2. The number of nitrogens with one attached hydrogen (secondary N) is 1. The number of hydrogen-bond donors (Lipinski definition) is 2. The van der Waals surface area contributed by atoms with Crippen molar-refractivity contribution < 1.29 is 14.4 Å². The monoisotopic (exact) mass is 295 g/mol. The molecule has 0 amide bonds. The van der Waals surface area contributed by atoms with Crippen molar-refractivity contribution in [3.8, 4) is 0 Å². The van der Waals surface area contributed by atoms with E-state index in [4.69, 9.17) is 21.2 Å². The van der Waals surface area contributed by atoms with Crippen molar-refractivity contribution in [1.29, 1.82) is 0 Å². The molecule has 0 aliphatic heterocycles. The smallest absolute Gasteiger partial charge is 0.337 e. The molecule has 2 N–H and O–H groups in total. The average Bonchev–Trinajstić information content (AvgIpc) is 2.71. The quantitative estimate of drug-likeness (QED) is 0.900. The second-order valence-corrected chi connectivity index (χ2v) is 4.87. The van der Waals surface area contributed by atoms with Crippen LogP contribution in [0, 0.1) is 13.8 Å². The summed E-state index contributed by atoms with van der Waals surface area (Å²) in [7, 11) is 0. The first-order valence-corrected chi connectivity index (χ1v) is 6.36. The molecule has 0 aromatic carbocycles. The minimum Gasteiger partial charge on any atom is -0.478 e. The third-order valence-electron chi connectivity index (χ3n) is 2.96. The van der Waals surface area contributed by atoms with Crippen LogP contribution in [0.3, 0.4) is 0 Å². The van der Waals surface area contributed by atoms with Gasteiger partial charge in [0.15, 0.2) is 0 Å². The number of aromatic carboxylic acids is 1. The molecule has 0 saturated carbocycles. The highest BCUT2D eigenvalue weighted by atomic mass is 35.5. The lowest BCUT2D eigenvalue weighted by Crippen LogP contribution is -2.10. The van der Waals surface area contributed by atoms with Crippen molar-refractivity contribution >= 4 is 23.4 Å². The maximum Gasteiger partial charge on any atom is 0.337 e. The van der Waals surface area contributed by atoms with Crippen molar-refractivity contribution in [3.63, 3.8) is 0 Å². The molecule has 2 heterocycles. The number of carboxylic acids is 1. The van der Waals surface area contributed by atoms with Gasteiger partial charge < -0.3 is 14.9 Å². The largest absolute Gasteiger partial charge is 0.478 e. The molecule has 2 aromatic heterocycles. The van der Waals surface area contributed by atoms with Crippen molar-refractivity contribution in [2.75, 3.05) is 5.32 Å². The second kappa shape index (κ2) is 5.50. The number of carboxylic acid groups (broad SMARTS) is 1. The van der Waals surface area contributed by atoms with Crippen LogP contribution in [0.25, 0.3) is 0 Å². The topological polar surface area (TPSA) is 88.3 Å². The van der Waals surface area contributed by atoms with Gasteiger partial charge in [-0.1, -0.05) is 16.8 Å². The van der Waals surface area contributed by atoms with Gasteiger partial charge in [-0.2, -0.15) is 0 Å². The fraction of sp³-hybridized carbons (Fsp3) is 0.308. The first-order valence-electron chi connectivity index (χ1n) is 5.98. The molecule has 0 bridgehead atoms. The predicted molar refractivity (Wildman–Crippen MR) is 74.2 cm³/mol. The Morgan fingerprint density at radius 3 is 2.70 bits per heavy atom. The summed E-state index contributed by atoms with van der Waals surface area (Å²) in [6.07, 6.45) is 1.26. The Bertz CT molecular complexity index is 635. The summed E-state index contributed by atoms with van der Waals surface area (Å²) in [4.78, 5) is 14.9. The van der Waals surface area contributed by atoms with E-state index in [-0.39, 0.29) is 16.6 Å². The average molecular weight is 296 g/mol. The number of carbonyl (C=O) groups is 1. The van der Waals surface area contributed by atoms with E-state index in [2.05, 4.69) is 15.5 Å². The highest BCUT2D eigenvalue weighted by Crippen LogP contribution is 2.27. The number of aryl methyl sites for hydroxylation is 2. The van der Waals surface area contributed by atoms with Crippen LogP contribution in [0.4, 0.5) is 5.82 Å². The first kappa shape index (κ1) is 14.3. The number of halogens is 1. The Kier molecular flexibility index (Phi) is 3.94. The highest BCUT2D eigenvalue weighted by Gasteiger charge is 2.18. The second-order valence-electron chi connectivity index (χ2n) is 4.46. The number of hydrogen-bond acceptors (Lipinski definition) is 5. The van der Waals surface area contributed by atoms with Crippen LogP contribution in [0.1, 0.15) is 40.3 Å². The Morgan fingerprint density at radius 1 is 1.50 bits per heavy atom. The van der Waals surface area contributed by atoms with Crippen molar-refractivity contribution in [2.24, 2.45) is 0 Å². The Morgan fingerprint density at radius 2 is 2.20 bits per heavy atom. The van der Waals surface area contributed by atoms with Crippen LogP contribution in [-0.4, -0.2) is 21.2 Å². The molecule has 2 aromatic rings. The van der Waals surface area contributed by atoms with E-state index in [1.807, 2.05) is 20.8 Å². The normalized spacial score (nSPS) is 12.2. The standard InChI is InChI=1S/C13H14ClN3O3/c1-6(11-7(2)17-20-8(11)3)16-12-10(14)4-9(5-15-12)13(18)19/h4-6H,1-3H3,(H,15,16)(H,18,19). The van der Waals surface area contributed by atoms with Gasteiger partial charge in [0.1, 0.15) is 11.6 Å². The molecule has 6 nitrogen and oxygen atoms in total. The zero-order valence-corrected chi connectivity index (χ0v) is 12.0. The maximum absolute atomic E-state index is 10.8. The fourth-order valence-electron chi connectivity index (χ4n) is 2.05. The maximum atomic E-state index is 10.8. The molecule has 20 heavy (non-hydrogen) atoms. The first-order chi connectivity index (χ1) is 9.40. The molecule has 0 aliphatic carbocycles. The molecule has 0 spiro atoms. The SMILES string of the molecule is Cc1noc(C)c1C(C)Nc1ncc(C(=O)O)cc1Cl. The molecule has 7 heteroatoms. The molecule has 106 valence electrons. The summed E-state index contributed by atoms with van der Waals surface area (Å²) in [5.74, 6) is 0.0784. The van der Waals surface area contributed by atoms with Gasteiger partial charge in [-0.15, -0.1) is 0 Å². The molecule has 0 aliphatic rings. The number of pyridine rings is 1. The van der Waals surface area contributed by atoms with E-state index in [0.717, 1.165) is 17.0 Å². The summed E-state index contributed by atoms with van der Waals surface area (Å²) >= 11 is 6.03. The minimum atomic E-state index is -1.07. The van der Waals surface area contributed by atoms with Crippen molar-refractivity contribution in [1.82, 2.24) is 10.1 Å². The Hall–Kier alpha value is -2.08. The lowest BCUT2D eigenvalue weighted by molar-refractivity contribution is 0.0696. The van der Waals surface area contributed by atoms with Crippen LogP contribution < -0.4 is 5.32 Å². The molecular formula is C13H14ClN3O3. The fourth-order valence-corrected chi connectivity index (χ4v) is 2.27. The molecular weight excluding hydrogens is 282 g/mol. The van der Waals surface area contributed by atoms with Gasteiger partial charge in [0.25, 0.3) is 0 Å². The van der Waals surface area contributed by atoms with Gasteiger partial charge in [0, 0.05) is 11.8 Å². The van der Waals surface area contributed by atoms with E-state index >= 15 is 0 Å². The Balaban J connectivity index is 2.24. The summed E-state index contributed by atoms with van der Waals surface area (Å²) in [6, 6.07) is 1.25. The van der Waals surface area contributed by atoms with Gasteiger partial charge in [0.05, 0.1) is 22.3 Å². The molecule has 0 radical (unpaired) electrons. The van der Waals surface area contributed by atoms with E-state index in [1.54, 1.807) is 0 Å². The Labute approximate surface area is 120 Å². The summed E-state index contributed by atoms with van der Waals surface area (Å²) in [6.45, 7) is 5.61. The summed E-state index contributed by atoms with van der Waals surface area (Å²) < 4.78 is 5.11. The summed E-state index contributed by atoms with van der Waals surface area (Å²) in [5.41, 5.74) is 1.77. The van der Waals surface area contributed by atoms with Crippen LogP contribution in [-0.2, 0) is 0 Å². The van der Waals surface area contributed by atoms with Gasteiger partial charge in [-0.05, 0) is 26.8 Å². The molecule has 0 saturated heterocycles. The van der Waals surface area contributed by atoms with Crippen molar-refractivity contribution in [2.45, 2.75) is 26.8 Å². The van der Waals surface area contributed by atoms with Gasteiger partial charge in [0.2, 0.25) is 0 Å². The lowest BCUT2D eigenvalue weighted by atomic mass is 10.1. The third kappa shape index (κ3) is 2.75. The van der Waals surface area contributed by atoms with Crippen LogP contribution in [0.5, 0.6) is 0 Å². The molecule has 1 atom stereocenters. The zero-order chi connectivity index (χ0) is 14.9. The van der Waals surface area contributed by atoms with Crippen LogP contribution in [0.2, 0.25) is 5.02 Å². The van der Waals surface area contributed by atoms with E-state index in [1.165, 1.54) is 12.3 Å². The van der Waals surface area contributed by atoms with Gasteiger partial charge in [-0.25, -0.2) is 9.78 Å². The third-order valence-corrected chi connectivity index (χ3v) is 3.25. The van der Waals surface area contributed by atoms with Crippen LogP contribution in [0.15, 0.2) is 16.8 Å².